The SMILES string of the molecule is CCC(NC(=O)c1ccc(Cn2cc(Br)c([N+](=O)[O-])n2)o1)c1ccc(C)cc1. The minimum Gasteiger partial charge on any atom is -0.454 e. The summed E-state index contributed by atoms with van der Waals surface area (Å²) in [6.45, 7) is 4.19. The molecule has 0 aliphatic rings. The van der Waals surface area contributed by atoms with E-state index < -0.39 is 4.92 Å². The topological polar surface area (TPSA) is 103 Å². The van der Waals surface area contributed by atoms with Crippen LogP contribution < -0.4 is 5.32 Å². The largest absolute Gasteiger partial charge is 0.454 e. The molecule has 0 spiro atoms. The lowest BCUT2D eigenvalue weighted by molar-refractivity contribution is -0.390. The monoisotopic (exact) mass is 446 g/mol. The highest BCUT2D eigenvalue weighted by molar-refractivity contribution is 9.10. The van der Waals surface area contributed by atoms with Gasteiger partial charge in [0.05, 0.1) is 17.3 Å². The van der Waals surface area contributed by atoms with Crippen molar-refractivity contribution in [1.82, 2.24) is 15.1 Å². The fourth-order valence-corrected chi connectivity index (χ4v) is 3.25. The van der Waals surface area contributed by atoms with E-state index in [0.29, 0.717) is 5.76 Å². The Morgan fingerprint density at radius 2 is 2.04 bits per heavy atom. The van der Waals surface area contributed by atoms with E-state index in [0.717, 1.165) is 17.5 Å². The van der Waals surface area contributed by atoms with Gasteiger partial charge < -0.3 is 19.8 Å². The number of halogens is 1. The zero-order valence-electron chi connectivity index (χ0n) is 15.4. The van der Waals surface area contributed by atoms with E-state index in [2.05, 4.69) is 26.3 Å². The van der Waals surface area contributed by atoms with E-state index in [-0.39, 0.29) is 34.5 Å². The van der Waals surface area contributed by atoms with Crippen molar-refractivity contribution in [2.24, 2.45) is 0 Å². The predicted octanol–water partition coefficient (Wildman–Crippen LogP) is 4.38. The standard InChI is InChI=1S/C19H19BrN4O4/c1-3-16(13-6-4-12(2)5-7-13)21-19(25)17-9-8-14(28-17)10-23-11-15(20)18(22-23)24(26)27/h4-9,11,16H,3,10H2,1-2H3,(H,21,25). The molecule has 0 radical (unpaired) electrons. The molecule has 1 aromatic carbocycles. The summed E-state index contributed by atoms with van der Waals surface area (Å²) in [7, 11) is 0. The van der Waals surface area contributed by atoms with E-state index in [9.17, 15) is 14.9 Å². The van der Waals surface area contributed by atoms with Gasteiger partial charge in [-0.2, -0.15) is 4.68 Å². The molecule has 0 bridgehead atoms. The number of aromatic nitrogens is 2. The van der Waals surface area contributed by atoms with Crippen LogP contribution in [0.1, 0.15) is 46.8 Å². The Morgan fingerprint density at radius 1 is 1.32 bits per heavy atom. The van der Waals surface area contributed by atoms with Crippen molar-refractivity contribution >= 4 is 27.7 Å². The second-order valence-electron chi connectivity index (χ2n) is 6.37. The van der Waals surface area contributed by atoms with Crippen LogP contribution in [-0.2, 0) is 6.54 Å². The summed E-state index contributed by atoms with van der Waals surface area (Å²) in [4.78, 5) is 22.8. The van der Waals surface area contributed by atoms with Crippen molar-refractivity contribution in [2.75, 3.05) is 0 Å². The van der Waals surface area contributed by atoms with Crippen LogP contribution in [0.3, 0.4) is 0 Å². The number of rotatable bonds is 7. The van der Waals surface area contributed by atoms with Crippen molar-refractivity contribution in [2.45, 2.75) is 32.9 Å². The predicted molar refractivity (Wildman–Crippen MR) is 106 cm³/mol. The van der Waals surface area contributed by atoms with Gasteiger partial charge in [-0.15, -0.1) is 0 Å². The first-order valence-electron chi connectivity index (χ1n) is 8.71. The number of hydrogen-bond acceptors (Lipinski definition) is 5. The maximum absolute atomic E-state index is 12.5. The normalized spacial score (nSPS) is 12.0. The molecule has 9 heteroatoms. The molecule has 0 fully saturated rings. The number of furan rings is 1. The van der Waals surface area contributed by atoms with Gasteiger partial charge in [-0.1, -0.05) is 36.8 Å². The summed E-state index contributed by atoms with van der Waals surface area (Å²) in [5.41, 5.74) is 2.19. The first kappa shape index (κ1) is 19.8. The van der Waals surface area contributed by atoms with Crippen LogP contribution in [0.4, 0.5) is 5.82 Å². The number of nitro groups is 1. The second-order valence-corrected chi connectivity index (χ2v) is 7.22. The lowest BCUT2D eigenvalue weighted by Gasteiger charge is -2.17. The number of carbonyl (C=O) groups excluding carboxylic acids is 1. The van der Waals surface area contributed by atoms with Gasteiger partial charge in [-0.3, -0.25) is 4.79 Å². The van der Waals surface area contributed by atoms with Gasteiger partial charge in [0.1, 0.15) is 16.8 Å². The van der Waals surface area contributed by atoms with Gasteiger partial charge in [-0.05, 0) is 51.9 Å². The van der Waals surface area contributed by atoms with E-state index in [1.165, 1.54) is 10.9 Å². The highest BCUT2D eigenvalue weighted by atomic mass is 79.9. The minimum atomic E-state index is -0.572. The average Bonchev–Trinajstić information content (AvgIpc) is 3.27. The molecular weight excluding hydrogens is 428 g/mol. The summed E-state index contributed by atoms with van der Waals surface area (Å²) in [6, 6.07) is 11.1. The van der Waals surface area contributed by atoms with Crippen LogP contribution in [-0.4, -0.2) is 20.6 Å². The summed E-state index contributed by atoms with van der Waals surface area (Å²) >= 11 is 3.10. The number of benzene rings is 1. The molecule has 1 unspecified atom stereocenters. The van der Waals surface area contributed by atoms with Gasteiger partial charge in [0.2, 0.25) is 0 Å². The minimum absolute atomic E-state index is 0.119. The maximum atomic E-state index is 12.5. The summed E-state index contributed by atoms with van der Waals surface area (Å²) < 4.78 is 7.26. The van der Waals surface area contributed by atoms with E-state index in [4.69, 9.17) is 4.42 Å². The fraction of sp³-hybridized carbons (Fsp3) is 0.263. The van der Waals surface area contributed by atoms with E-state index in [1.54, 1.807) is 12.1 Å². The number of aryl methyl sites for hydroxylation is 1. The number of amides is 1. The van der Waals surface area contributed by atoms with E-state index >= 15 is 0 Å². The molecule has 146 valence electrons. The number of nitrogens with zero attached hydrogens (tertiary/aromatic N) is 3. The van der Waals surface area contributed by atoms with Crippen LogP contribution in [0.15, 0.2) is 51.5 Å². The van der Waals surface area contributed by atoms with Gasteiger partial charge >= 0.3 is 5.82 Å². The quantitative estimate of drug-likeness (QED) is 0.428. The molecule has 2 heterocycles. The highest BCUT2D eigenvalue weighted by Crippen LogP contribution is 2.23. The molecule has 0 aliphatic carbocycles. The molecule has 1 atom stereocenters. The van der Waals surface area contributed by atoms with Crippen LogP contribution in [0.25, 0.3) is 0 Å². The number of hydrogen-bond donors (Lipinski definition) is 1. The molecule has 0 saturated heterocycles. The average molecular weight is 447 g/mol. The smallest absolute Gasteiger partial charge is 0.404 e. The van der Waals surface area contributed by atoms with Gasteiger partial charge in [0, 0.05) is 0 Å². The molecule has 1 N–H and O–H groups in total. The van der Waals surface area contributed by atoms with E-state index in [1.807, 2.05) is 38.1 Å². The molecule has 3 rings (SSSR count). The Bertz CT molecular complexity index is 994. The third-order valence-electron chi connectivity index (χ3n) is 4.27. The van der Waals surface area contributed by atoms with Crippen molar-refractivity contribution in [3.8, 4) is 0 Å². The number of carbonyl (C=O) groups is 1. The zero-order valence-corrected chi connectivity index (χ0v) is 17.0. The fourth-order valence-electron chi connectivity index (χ4n) is 2.79. The highest BCUT2D eigenvalue weighted by Gasteiger charge is 2.21. The summed E-state index contributed by atoms with van der Waals surface area (Å²) in [5, 5.41) is 17.7. The zero-order chi connectivity index (χ0) is 20.3. The summed E-state index contributed by atoms with van der Waals surface area (Å²) in [5.74, 6) is 0.0689. The Balaban J connectivity index is 1.68. The molecule has 8 nitrogen and oxygen atoms in total. The Morgan fingerprint density at radius 3 is 2.64 bits per heavy atom. The molecule has 2 aromatic heterocycles. The molecular formula is C19H19BrN4O4. The van der Waals surface area contributed by atoms with Crippen LogP contribution >= 0.6 is 15.9 Å². The lowest BCUT2D eigenvalue weighted by Crippen LogP contribution is -2.27. The second kappa shape index (κ2) is 8.39. The van der Waals surface area contributed by atoms with Crippen molar-refractivity contribution < 1.29 is 14.1 Å². The molecule has 1 amide bonds. The van der Waals surface area contributed by atoms with Crippen molar-refractivity contribution in [1.29, 1.82) is 0 Å². The van der Waals surface area contributed by atoms with Gasteiger partial charge in [0.15, 0.2) is 5.76 Å². The Hall–Kier alpha value is -2.94. The molecule has 0 saturated carbocycles. The number of nitrogens with one attached hydrogen (secondary N) is 1. The van der Waals surface area contributed by atoms with Crippen LogP contribution in [0.5, 0.6) is 0 Å². The Kier molecular flexibility index (Phi) is 5.93. The van der Waals surface area contributed by atoms with Gasteiger partial charge in [-0.25, -0.2) is 0 Å². The third-order valence-corrected chi connectivity index (χ3v) is 4.83. The Labute approximate surface area is 169 Å². The maximum Gasteiger partial charge on any atom is 0.404 e. The van der Waals surface area contributed by atoms with Crippen LogP contribution in [0, 0.1) is 17.0 Å². The van der Waals surface area contributed by atoms with Crippen molar-refractivity contribution in [3.05, 3.63) is 79.8 Å². The third kappa shape index (κ3) is 4.48. The molecule has 3 aromatic rings. The lowest BCUT2D eigenvalue weighted by atomic mass is 10.0. The summed E-state index contributed by atoms with van der Waals surface area (Å²) in [6.07, 6.45) is 2.23. The van der Waals surface area contributed by atoms with Crippen LogP contribution in [0.2, 0.25) is 0 Å². The van der Waals surface area contributed by atoms with Crippen molar-refractivity contribution in [3.63, 3.8) is 0 Å². The van der Waals surface area contributed by atoms with Gasteiger partial charge in [0.25, 0.3) is 5.91 Å². The molecule has 0 aliphatic heterocycles. The first-order chi connectivity index (χ1) is 13.4. The first-order valence-corrected chi connectivity index (χ1v) is 9.50. The molecule has 28 heavy (non-hydrogen) atoms.